The van der Waals surface area contributed by atoms with Crippen LogP contribution in [-0.4, -0.2) is 36.5 Å². The molecule has 2 nitrogen and oxygen atoms in total. The van der Waals surface area contributed by atoms with Crippen molar-refractivity contribution in [3.8, 4) is 0 Å². The molecule has 0 saturated heterocycles. The maximum Gasteiger partial charge on any atom is 0.0702 e. The molecule has 1 rings (SSSR count). The minimum Gasteiger partial charge on any atom is -0.326 e. The highest BCUT2D eigenvalue weighted by molar-refractivity contribution is 9.11. The average molecular weight is 337 g/mol. The van der Waals surface area contributed by atoms with Gasteiger partial charge in [0.2, 0.25) is 0 Å². The highest BCUT2D eigenvalue weighted by Crippen LogP contribution is 2.32. The van der Waals surface area contributed by atoms with E-state index in [1.54, 1.807) is 11.3 Å². The zero-order valence-electron chi connectivity index (χ0n) is 10.6. The number of thioether (sulfide) groups is 1. The molecule has 0 saturated carbocycles. The summed E-state index contributed by atoms with van der Waals surface area (Å²) < 4.78 is 1.18. The lowest BCUT2D eigenvalue weighted by Crippen LogP contribution is -2.39. The van der Waals surface area contributed by atoms with Crippen molar-refractivity contribution in [3.05, 3.63) is 20.8 Å². The molecule has 0 spiro atoms. The number of hydrogen-bond donors (Lipinski definition) is 1. The molecule has 98 valence electrons. The summed E-state index contributed by atoms with van der Waals surface area (Å²) >= 11 is 7.20. The summed E-state index contributed by atoms with van der Waals surface area (Å²) in [5, 5.41) is 0. The highest BCUT2D eigenvalue weighted by atomic mass is 79.9. The van der Waals surface area contributed by atoms with E-state index < -0.39 is 0 Å². The van der Waals surface area contributed by atoms with Gasteiger partial charge in [-0.25, -0.2) is 0 Å². The van der Waals surface area contributed by atoms with Crippen LogP contribution < -0.4 is 5.73 Å². The summed E-state index contributed by atoms with van der Waals surface area (Å²) in [5.74, 6) is 1.15. The third-order valence-electron chi connectivity index (χ3n) is 2.89. The molecule has 1 heterocycles. The molecule has 0 fully saturated rings. The first-order valence-electron chi connectivity index (χ1n) is 5.80. The van der Waals surface area contributed by atoms with Crippen molar-refractivity contribution in [1.29, 1.82) is 0 Å². The molecule has 5 heteroatoms. The van der Waals surface area contributed by atoms with E-state index in [1.165, 1.54) is 8.66 Å². The predicted molar refractivity (Wildman–Crippen MR) is 84.0 cm³/mol. The first kappa shape index (κ1) is 15.5. The van der Waals surface area contributed by atoms with E-state index in [0.29, 0.717) is 6.04 Å². The van der Waals surface area contributed by atoms with Gasteiger partial charge in [-0.05, 0) is 47.8 Å². The molecule has 0 aliphatic rings. The third kappa shape index (κ3) is 4.56. The monoisotopic (exact) mass is 336 g/mol. The van der Waals surface area contributed by atoms with Crippen molar-refractivity contribution in [2.45, 2.75) is 25.4 Å². The molecular formula is C12H21BrN2S2. The minimum atomic E-state index is 0.201. The fourth-order valence-electron chi connectivity index (χ4n) is 1.84. The Kier molecular flexibility index (Phi) is 7.11. The van der Waals surface area contributed by atoms with Gasteiger partial charge in [0.15, 0.2) is 0 Å². The van der Waals surface area contributed by atoms with Gasteiger partial charge in [0.25, 0.3) is 0 Å². The molecule has 2 atom stereocenters. The summed E-state index contributed by atoms with van der Waals surface area (Å²) in [6.07, 6.45) is 3.15. The van der Waals surface area contributed by atoms with E-state index in [4.69, 9.17) is 5.73 Å². The van der Waals surface area contributed by atoms with Crippen LogP contribution in [0.15, 0.2) is 15.9 Å². The van der Waals surface area contributed by atoms with Gasteiger partial charge in [-0.3, -0.25) is 4.90 Å². The second-order valence-corrected chi connectivity index (χ2v) is 7.61. The lowest BCUT2D eigenvalue weighted by molar-refractivity contribution is 0.225. The largest absolute Gasteiger partial charge is 0.326 e. The first-order valence-corrected chi connectivity index (χ1v) is 8.80. The zero-order chi connectivity index (χ0) is 12.8. The van der Waals surface area contributed by atoms with Gasteiger partial charge in [-0.1, -0.05) is 6.92 Å². The number of nitrogens with two attached hydrogens (primary N) is 1. The Morgan fingerprint density at radius 3 is 2.71 bits per heavy atom. The quantitative estimate of drug-likeness (QED) is 0.825. The van der Waals surface area contributed by atoms with Crippen molar-refractivity contribution in [2.75, 3.05) is 25.6 Å². The maximum atomic E-state index is 6.27. The van der Waals surface area contributed by atoms with Crippen LogP contribution in [0.4, 0.5) is 0 Å². The van der Waals surface area contributed by atoms with Gasteiger partial charge in [0, 0.05) is 23.2 Å². The Hall–Kier alpha value is 0.450. The topological polar surface area (TPSA) is 29.3 Å². The lowest BCUT2D eigenvalue weighted by atomic mass is 10.0. The number of thiophene rings is 1. The highest BCUT2D eigenvalue weighted by Gasteiger charge is 2.24. The zero-order valence-corrected chi connectivity index (χ0v) is 13.9. The molecule has 0 radical (unpaired) electrons. The normalized spacial score (nSPS) is 15.2. The molecule has 0 bridgehead atoms. The van der Waals surface area contributed by atoms with E-state index in [-0.39, 0.29) is 6.04 Å². The Bertz CT molecular complexity index is 330. The van der Waals surface area contributed by atoms with Crippen molar-refractivity contribution < 1.29 is 0 Å². The number of nitrogens with zero attached hydrogens (tertiary/aromatic N) is 1. The molecular weight excluding hydrogens is 316 g/mol. The Labute approximate surface area is 121 Å². The lowest BCUT2D eigenvalue weighted by Gasteiger charge is -2.31. The summed E-state index contributed by atoms with van der Waals surface area (Å²) in [6, 6.07) is 4.83. The van der Waals surface area contributed by atoms with Gasteiger partial charge < -0.3 is 5.73 Å². The van der Waals surface area contributed by atoms with Crippen LogP contribution in [0.1, 0.15) is 24.3 Å². The van der Waals surface area contributed by atoms with Crippen LogP contribution in [0.5, 0.6) is 0 Å². The maximum absolute atomic E-state index is 6.27. The fourth-order valence-corrected chi connectivity index (χ4v) is 3.98. The van der Waals surface area contributed by atoms with Crippen LogP contribution in [0, 0.1) is 0 Å². The fraction of sp³-hybridized carbons (Fsp3) is 0.667. The van der Waals surface area contributed by atoms with E-state index in [2.05, 4.69) is 53.2 Å². The standard InChI is InChI=1S/C12H21BrN2S2/c1-4-9(14)12(15(2)7-8-16-3)10-5-6-11(13)17-10/h5-6,9,12H,4,7-8,14H2,1-3H3. The van der Waals surface area contributed by atoms with Crippen molar-refractivity contribution in [3.63, 3.8) is 0 Å². The average Bonchev–Trinajstić information content (AvgIpc) is 2.73. The van der Waals surface area contributed by atoms with Gasteiger partial charge in [-0.2, -0.15) is 11.8 Å². The minimum absolute atomic E-state index is 0.201. The molecule has 0 aliphatic carbocycles. The summed E-state index contributed by atoms with van der Waals surface area (Å²) in [7, 11) is 2.17. The Morgan fingerprint density at radius 2 is 2.24 bits per heavy atom. The molecule has 0 aliphatic heterocycles. The number of hydrogen-bond acceptors (Lipinski definition) is 4. The Balaban J connectivity index is 2.80. The number of halogens is 1. The van der Waals surface area contributed by atoms with Gasteiger partial charge in [-0.15, -0.1) is 11.3 Å². The molecule has 1 aromatic heterocycles. The van der Waals surface area contributed by atoms with Crippen molar-refractivity contribution in [1.82, 2.24) is 4.90 Å². The van der Waals surface area contributed by atoms with Gasteiger partial charge in [0.05, 0.1) is 9.83 Å². The SMILES string of the molecule is CCC(N)C(c1ccc(Br)s1)N(C)CCSC. The second kappa shape index (κ2) is 7.79. The van der Waals surface area contributed by atoms with Crippen LogP contribution >= 0.6 is 39.0 Å². The number of rotatable bonds is 7. The summed E-state index contributed by atoms with van der Waals surface area (Å²) in [4.78, 5) is 3.73. The van der Waals surface area contributed by atoms with Gasteiger partial charge >= 0.3 is 0 Å². The van der Waals surface area contributed by atoms with E-state index in [9.17, 15) is 0 Å². The molecule has 2 unspecified atom stereocenters. The summed E-state index contributed by atoms with van der Waals surface area (Å²) in [6.45, 7) is 3.23. The molecule has 17 heavy (non-hydrogen) atoms. The molecule has 0 amide bonds. The molecule has 0 aromatic carbocycles. The van der Waals surface area contributed by atoms with Crippen molar-refractivity contribution >= 4 is 39.0 Å². The van der Waals surface area contributed by atoms with Crippen LogP contribution in [0.3, 0.4) is 0 Å². The van der Waals surface area contributed by atoms with Gasteiger partial charge in [0.1, 0.15) is 0 Å². The number of likely N-dealkylation sites (N-methyl/N-ethyl adjacent to an activating group) is 1. The first-order chi connectivity index (χ1) is 8.10. The Morgan fingerprint density at radius 1 is 1.53 bits per heavy atom. The third-order valence-corrected chi connectivity index (χ3v) is 5.17. The van der Waals surface area contributed by atoms with Crippen LogP contribution in [-0.2, 0) is 0 Å². The second-order valence-electron chi connectivity index (χ2n) is 4.13. The van der Waals surface area contributed by atoms with E-state index in [1.807, 2.05) is 11.8 Å². The van der Waals surface area contributed by atoms with Crippen LogP contribution in [0.2, 0.25) is 0 Å². The molecule has 1 aromatic rings. The van der Waals surface area contributed by atoms with E-state index >= 15 is 0 Å². The summed E-state index contributed by atoms with van der Waals surface area (Å²) in [5.41, 5.74) is 6.27. The predicted octanol–water partition coefficient (Wildman–Crippen LogP) is 3.58. The molecule has 2 N–H and O–H groups in total. The van der Waals surface area contributed by atoms with E-state index in [0.717, 1.165) is 18.7 Å². The van der Waals surface area contributed by atoms with Crippen molar-refractivity contribution in [2.24, 2.45) is 5.73 Å². The van der Waals surface area contributed by atoms with Crippen LogP contribution in [0.25, 0.3) is 0 Å². The smallest absolute Gasteiger partial charge is 0.0702 e.